The third-order valence-electron chi connectivity index (χ3n) is 3.85. The number of nitrogens with one attached hydrogen (secondary N) is 1. The molecule has 0 aliphatic rings. The highest BCUT2D eigenvalue weighted by Crippen LogP contribution is 2.39. The van der Waals surface area contributed by atoms with E-state index in [0.29, 0.717) is 6.07 Å². The summed E-state index contributed by atoms with van der Waals surface area (Å²) in [6, 6.07) is 2.03. The van der Waals surface area contributed by atoms with E-state index in [0.717, 1.165) is 23.0 Å². The summed E-state index contributed by atoms with van der Waals surface area (Å²) in [5.41, 5.74) is 1.10. The molecule has 0 radical (unpaired) electrons. The first kappa shape index (κ1) is 21.5. The molecule has 30 heavy (non-hydrogen) atoms. The molecule has 0 unspecified atom stereocenters. The van der Waals surface area contributed by atoms with Crippen LogP contribution < -0.4 is 16.0 Å². The van der Waals surface area contributed by atoms with Crippen molar-refractivity contribution in [2.75, 3.05) is 5.73 Å². The average Bonchev–Trinajstić information content (AvgIpc) is 2.95. The number of aromatic amines is 1. The maximum Gasteiger partial charge on any atom is 0.437 e. The number of H-pyrrole nitrogens is 1. The van der Waals surface area contributed by atoms with E-state index in [9.17, 15) is 31.1 Å². The predicted molar refractivity (Wildman–Crippen MR) is 93.0 cm³/mol. The van der Waals surface area contributed by atoms with Crippen LogP contribution in [0, 0.1) is 0 Å². The van der Waals surface area contributed by atoms with E-state index in [4.69, 9.17) is 22.1 Å². The second kappa shape index (κ2) is 7.23. The van der Waals surface area contributed by atoms with Crippen molar-refractivity contribution in [3.05, 3.63) is 51.0 Å². The molecular formula is C16H10ClF6N5O2. The van der Waals surface area contributed by atoms with Gasteiger partial charge in [0.15, 0.2) is 5.69 Å². The zero-order valence-electron chi connectivity index (χ0n) is 14.7. The topological polar surface area (TPSA) is 98.8 Å². The molecule has 1 aromatic carbocycles. The molecule has 14 heteroatoms. The Morgan fingerprint density at radius 2 is 1.83 bits per heavy atom. The molecule has 3 N–H and O–H groups in total. The van der Waals surface area contributed by atoms with Crippen molar-refractivity contribution in [3.63, 3.8) is 0 Å². The van der Waals surface area contributed by atoms with E-state index in [1.807, 2.05) is 0 Å². The molecule has 2 aromatic heterocycles. The smallest absolute Gasteiger partial charge is 0.437 e. The third kappa shape index (κ3) is 4.06. The van der Waals surface area contributed by atoms with Crippen molar-refractivity contribution < 1.29 is 31.1 Å². The minimum atomic E-state index is -5.17. The van der Waals surface area contributed by atoms with Crippen molar-refractivity contribution in [1.29, 1.82) is 0 Å². The molecule has 3 aromatic rings. The SMILES string of the molecule is Cn1ncc(-c2nc(C(F)(F)F)c(Oc3ccc(Cl)c(C(F)(F)F)c3)c(=O)[nH]2)c1N. The zero-order valence-corrected chi connectivity index (χ0v) is 15.4. The fourth-order valence-electron chi connectivity index (χ4n) is 2.41. The van der Waals surface area contributed by atoms with Crippen LogP contribution in [0.1, 0.15) is 11.3 Å². The van der Waals surface area contributed by atoms with Crippen LogP contribution in [0.2, 0.25) is 5.02 Å². The summed E-state index contributed by atoms with van der Waals surface area (Å²) < 4.78 is 85.5. The van der Waals surface area contributed by atoms with Crippen LogP contribution in [-0.4, -0.2) is 19.7 Å². The fourth-order valence-corrected chi connectivity index (χ4v) is 2.63. The number of nitrogens with zero attached hydrogens (tertiary/aromatic N) is 3. The average molecular weight is 454 g/mol. The van der Waals surface area contributed by atoms with Crippen molar-refractivity contribution in [1.82, 2.24) is 19.7 Å². The summed E-state index contributed by atoms with van der Waals surface area (Å²) in [6.07, 6.45) is -8.98. The van der Waals surface area contributed by atoms with Gasteiger partial charge in [0.25, 0.3) is 5.56 Å². The molecule has 0 aliphatic heterocycles. The van der Waals surface area contributed by atoms with E-state index < -0.39 is 51.5 Å². The van der Waals surface area contributed by atoms with Gasteiger partial charge in [-0.2, -0.15) is 31.4 Å². The Bertz CT molecular complexity index is 1170. The Labute approximate surface area is 168 Å². The number of hydrogen-bond donors (Lipinski definition) is 2. The predicted octanol–water partition coefficient (Wildman–Crippen LogP) is 4.24. The van der Waals surface area contributed by atoms with Gasteiger partial charge in [-0.25, -0.2) is 4.98 Å². The Morgan fingerprint density at radius 3 is 2.37 bits per heavy atom. The second-order valence-electron chi connectivity index (χ2n) is 5.90. The molecule has 0 aliphatic carbocycles. The first-order chi connectivity index (χ1) is 13.8. The van der Waals surface area contributed by atoms with Crippen LogP contribution in [0.3, 0.4) is 0 Å². The van der Waals surface area contributed by atoms with Gasteiger partial charge in [0.2, 0.25) is 5.75 Å². The molecule has 0 amide bonds. The Balaban J connectivity index is 2.14. The first-order valence-electron chi connectivity index (χ1n) is 7.83. The van der Waals surface area contributed by atoms with Gasteiger partial charge in [-0.1, -0.05) is 11.6 Å². The monoisotopic (exact) mass is 453 g/mol. The highest BCUT2D eigenvalue weighted by atomic mass is 35.5. The number of benzene rings is 1. The number of nitrogen functional groups attached to an aromatic ring is 1. The molecule has 0 fully saturated rings. The standard InChI is InChI=1S/C16H10ClF6N5O2/c1-28-12(24)7(5-25-28)13-26-11(16(21,22)23)10(14(29)27-13)30-6-2-3-9(17)8(4-6)15(18,19)20/h2-5H,24H2,1H3,(H,26,27,29). The van der Waals surface area contributed by atoms with Gasteiger partial charge in [-0.05, 0) is 18.2 Å². The summed E-state index contributed by atoms with van der Waals surface area (Å²) in [5, 5.41) is 3.05. The minimum Gasteiger partial charge on any atom is -0.449 e. The van der Waals surface area contributed by atoms with Crippen LogP contribution in [0.15, 0.2) is 29.2 Å². The number of ether oxygens (including phenoxy) is 1. The molecule has 0 spiro atoms. The lowest BCUT2D eigenvalue weighted by atomic mass is 10.2. The van der Waals surface area contributed by atoms with Crippen molar-refractivity contribution >= 4 is 17.4 Å². The highest BCUT2D eigenvalue weighted by Gasteiger charge is 2.40. The normalized spacial score (nSPS) is 12.3. The molecule has 0 saturated carbocycles. The van der Waals surface area contributed by atoms with E-state index in [1.165, 1.54) is 7.05 Å². The van der Waals surface area contributed by atoms with Gasteiger partial charge in [-0.15, -0.1) is 0 Å². The van der Waals surface area contributed by atoms with Gasteiger partial charge in [0, 0.05) is 7.05 Å². The fraction of sp³-hybridized carbons (Fsp3) is 0.188. The largest absolute Gasteiger partial charge is 0.449 e. The highest BCUT2D eigenvalue weighted by molar-refractivity contribution is 6.31. The number of hydrogen-bond acceptors (Lipinski definition) is 5. The van der Waals surface area contributed by atoms with Crippen LogP contribution in [0.25, 0.3) is 11.4 Å². The summed E-state index contributed by atoms with van der Waals surface area (Å²) in [5.74, 6) is -2.66. The van der Waals surface area contributed by atoms with Crippen LogP contribution in [0.5, 0.6) is 11.5 Å². The summed E-state index contributed by atoms with van der Waals surface area (Å²) >= 11 is 5.47. The Kier molecular flexibility index (Phi) is 5.18. The molecule has 160 valence electrons. The number of halogens is 7. The number of rotatable bonds is 3. The van der Waals surface area contributed by atoms with Gasteiger partial charge in [-0.3, -0.25) is 9.48 Å². The van der Waals surface area contributed by atoms with Crippen LogP contribution >= 0.6 is 11.6 Å². The van der Waals surface area contributed by atoms with Gasteiger partial charge >= 0.3 is 12.4 Å². The van der Waals surface area contributed by atoms with E-state index in [1.54, 1.807) is 0 Å². The summed E-state index contributed by atoms with van der Waals surface area (Å²) in [4.78, 5) is 17.7. The summed E-state index contributed by atoms with van der Waals surface area (Å²) in [6.45, 7) is 0. The zero-order chi connectivity index (χ0) is 22.4. The maximum atomic E-state index is 13.5. The molecule has 3 rings (SSSR count). The number of aryl methyl sites for hydroxylation is 1. The number of anilines is 1. The van der Waals surface area contributed by atoms with Gasteiger partial charge in [0.1, 0.15) is 17.4 Å². The minimum absolute atomic E-state index is 0.0764. The number of nitrogens with two attached hydrogens (primary N) is 1. The number of aromatic nitrogens is 4. The second-order valence-corrected chi connectivity index (χ2v) is 6.31. The van der Waals surface area contributed by atoms with Crippen molar-refractivity contribution in [2.24, 2.45) is 7.05 Å². The molecule has 0 saturated heterocycles. The maximum absolute atomic E-state index is 13.5. The molecule has 0 bridgehead atoms. The van der Waals surface area contributed by atoms with Crippen molar-refractivity contribution in [2.45, 2.75) is 12.4 Å². The lowest BCUT2D eigenvalue weighted by molar-refractivity contribution is -0.142. The molecule has 7 nitrogen and oxygen atoms in total. The molecular weight excluding hydrogens is 444 g/mol. The number of alkyl halides is 6. The Hall–Kier alpha value is -3.22. The van der Waals surface area contributed by atoms with E-state index in [-0.39, 0.29) is 11.4 Å². The Morgan fingerprint density at radius 1 is 1.17 bits per heavy atom. The van der Waals surface area contributed by atoms with Gasteiger partial charge < -0.3 is 15.5 Å². The lowest BCUT2D eigenvalue weighted by Gasteiger charge is -2.15. The van der Waals surface area contributed by atoms with Gasteiger partial charge in [0.05, 0.1) is 22.3 Å². The quantitative estimate of drug-likeness (QED) is 0.578. The lowest BCUT2D eigenvalue weighted by Crippen LogP contribution is -2.21. The van der Waals surface area contributed by atoms with Crippen LogP contribution in [-0.2, 0) is 19.4 Å². The first-order valence-corrected chi connectivity index (χ1v) is 8.20. The van der Waals surface area contributed by atoms with E-state index >= 15 is 0 Å². The summed E-state index contributed by atoms with van der Waals surface area (Å²) in [7, 11) is 1.41. The third-order valence-corrected chi connectivity index (χ3v) is 4.18. The molecule has 2 heterocycles. The van der Waals surface area contributed by atoms with E-state index in [2.05, 4.69) is 15.1 Å². The van der Waals surface area contributed by atoms with Crippen LogP contribution in [0.4, 0.5) is 32.2 Å². The molecule has 0 atom stereocenters. The van der Waals surface area contributed by atoms with Crippen molar-refractivity contribution in [3.8, 4) is 22.9 Å².